The van der Waals surface area contributed by atoms with Crippen molar-refractivity contribution in [3.63, 3.8) is 0 Å². The standard InChI is InChI=1S/C40H56/c1-31(19-13-21-33(3)25-27-37-35(5)23-15-29-39(37,7)8)17-11-12-18-32(2)20-14-22-34(4)26-28-38-36(6)24-16-30-40(38,9)10/h11-14,17-22,25-28H,15-16,23-24,29-30H2,1-10H3/i1D3,2D3. The monoisotopic (exact) mass is 542 g/mol. The fourth-order valence-electron chi connectivity index (χ4n) is 5.60. The highest BCUT2D eigenvalue weighted by Gasteiger charge is 2.27. The van der Waals surface area contributed by atoms with E-state index in [0.717, 1.165) is 24.0 Å². The number of hydrogen-bond acceptors (Lipinski definition) is 0. The van der Waals surface area contributed by atoms with E-state index in [9.17, 15) is 0 Å². The van der Waals surface area contributed by atoms with E-state index in [1.54, 1.807) is 36.5 Å². The summed E-state index contributed by atoms with van der Waals surface area (Å²) in [5.74, 6) is 0. The minimum atomic E-state index is -2.31. The van der Waals surface area contributed by atoms with Crippen LogP contribution in [-0.4, -0.2) is 0 Å². The Morgan fingerprint density at radius 2 is 0.950 bits per heavy atom. The minimum absolute atomic E-state index is 0.165. The molecule has 216 valence electrons. The van der Waals surface area contributed by atoms with E-state index >= 15 is 0 Å². The predicted octanol–water partition coefficient (Wildman–Crippen LogP) is 12.6. The lowest BCUT2D eigenvalue weighted by molar-refractivity contribution is 0.376. The van der Waals surface area contributed by atoms with Crippen molar-refractivity contribution in [1.29, 1.82) is 0 Å². The Kier molecular flexibility index (Phi) is 9.84. The summed E-state index contributed by atoms with van der Waals surface area (Å²) in [7, 11) is 0. The molecule has 0 aromatic carbocycles. The van der Waals surface area contributed by atoms with E-state index in [1.165, 1.54) is 60.1 Å². The number of rotatable bonds is 10. The van der Waals surface area contributed by atoms with Gasteiger partial charge in [-0.2, -0.15) is 0 Å². The molecule has 0 aromatic rings. The molecule has 0 unspecified atom stereocenters. The van der Waals surface area contributed by atoms with Gasteiger partial charge in [0.15, 0.2) is 0 Å². The van der Waals surface area contributed by atoms with Crippen LogP contribution in [0.5, 0.6) is 0 Å². The third-order valence-corrected chi connectivity index (χ3v) is 8.04. The van der Waals surface area contributed by atoms with Gasteiger partial charge < -0.3 is 0 Å². The summed E-state index contributed by atoms with van der Waals surface area (Å²) in [6, 6.07) is 0. The SMILES string of the molecule is [2H]C([2H])([2H])C(C=CC=C(C)C=CC1=C(C)CCCC1(C)C)=CC=CC=C(C=CC=C(C)C=CC1=C(C)CCCC1(C)C)C([2H])([2H])[2H]. The molecule has 0 N–H and O–H groups in total. The van der Waals surface area contributed by atoms with E-state index in [0.29, 0.717) is 0 Å². The summed E-state index contributed by atoms with van der Waals surface area (Å²) in [5, 5.41) is 0. The molecule has 0 aromatic heterocycles. The first kappa shape index (κ1) is 24.9. The van der Waals surface area contributed by atoms with Crippen molar-refractivity contribution in [2.24, 2.45) is 10.8 Å². The second-order valence-corrected chi connectivity index (χ2v) is 12.7. The Morgan fingerprint density at radius 1 is 0.575 bits per heavy atom. The molecule has 0 radical (unpaired) electrons. The van der Waals surface area contributed by atoms with Crippen molar-refractivity contribution in [1.82, 2.24) is 0 Å². The zero-order chi connectivity index (χ0) is 34.8. The maximum atomic E-state index is 7.95. The molecule has 2 rings (SSSR count). The summed E-state index contributed by atoms with van der Waals surface area (Å²) in [5.41, 5.74) is 8.37. The molecule has 0 saturated carbocycles. The highest BCUT2D eigenvalue weighted by Crippen LogP contribution is 2.41. The van der Waals surface area contributed by atoms with Gasteiger partial charge in [0, 0.05) is 8.22 Å². The third kappa shape index (κ3) is 11.3. The Balaban J connectivity index is 2.19. The number of hydrogen-bond donors (Lipinski definition) is 0. The van der Waals surface area contributed by atoms with Crippen LogP contribution in [0.1, 0.15) is 116 Å². The predicted molar refractivity (Wildman–Crippen MR) is 181 cm³/mol. The van der Waals surface area contributed by atoms with Gasteiger partial charge in [-0.1, -0.05) is 146 Å². The second kappa shape index (κ2) is 15.8. The summed E-state index contributed by atoms with van der Waals surface area (Å²) in [4.78, 5) is 0. The van der Waals surface area contributed by atoms with Crippen LogP contribution in [-0.2, 0) is 0 Å². The smallest absolute Gasteiger partial charge is 0.0280 e. The van der Waals surface area contributed by atoms with Crippen molar-refractivity contribution >= 4 is 0 Å². The molecule has 2 aliphatic carbocycles. The Labute approximate surface area is 256 Å². The van der Waals surface area contributed by atoms with Gasteiger partial charge in [0.25, 0.3) is 0 Å². The molecule has 0 saturated heterocycles. The van der Waals surface area contributed by atoms with Crippen LogP contribution in [0.3, 0.4) is 0 Å². The Hall–Kier alpha value is -2.86. The van der Waals surface area contributed by atoms with E-state index in [4.69, 9.17) is 8.22 Å². The molecule has 0 nitrogen and oxygen atoms in total. The zero-order valence-electron chi connectivity index (χ0n) is 32.3. The average molecular weight is 543 g/mol. The summed E-state index contributed by atoms with van der Waals surface area (Å²) in [6.45, 7) is 13.0. The first-order valence-corrected chi connectivity index (χ1v) is 14.8. The van der Waals surface area contributed by atoms with E-state index in [-0.39, 0.29) is 22.0 Å². The minimum Gasteiger partial charge on any atom is -0.0696 e. The van der Waals surface area contributed by atoms with Gasteiger partial charge >= 0.3 is 0 Å². The molecule has 0 atom stereocenters. The normalized spacial score (nSPS) is 24.8. The molecule has 0 spiro atoms. The molecule has 0 bridgehead atoms. The maximum Gasteiger partial charge on any atom is 0.0280 e. The average Bonchev–Trinajstić information content (AvgIpc) is 2.90. The molecule has 0 fully saturated rings. The van der Waals surface area contributed by atoms with Crippen LogP contribution in [0, 0.1) is 10.8 Å². The van der Waals surface area contributed by atoms with Crippen molar-refractivity contribution in [2.75, 3.05) is 0 Å². The molecule has 0 heterocycles. The quantitative estimate of drug-likeness (QED) is 0.241. The van der Waals surface area contributed by atoms with Crippen molar-refractivity contribution < 1.29 is 8.22 Å². The molecule has 0 aliphatic heterocycles. The Bertz CT molecular complexity index is 1310. The fourth-order valence-corrected chi connectivity index (χ4v) is 5.60. The molecule has 0 amide bonds. The van der Waals surface area contributed by atoms with Gasteiger partial charge in [-0.15, -0.1) is 0 Å². The van der Waals surface area contributed by atoms with Gasteiger partial charge in [-0.25, -0.2) is 0 Å². The lowest BCUT2D eigenvalue weighted by Gasteiger charge is -2.33. The van der Waals surface area contributed by atoms with Gasteiger partial charge in [0.05, 0.1) is 0 Å². The molecule has 0 heteroatoms. The van der Waals surface area contributed by atoms with Crippen LogP contribution in [0.4, 0.5) is 0 Å². The maximum absolute atomic E-state index is 7.95. The van der Waals surface area contributed by atoms with Gasteiger partial charge in [-0.05, 0) is 102 Å². The van der Waals surface area contributed by atoms with Crippen LogP contribution in [0.2, 0.25) is 0 Å². The van der Waals surface area contributed by atoms with Crippen molar-refractivity contribution in [3.8, 4) is 0 Å². The topological polar surface area (TPSA) is 0 Å². The molecule has 2 aliphatic rings. The van der Waals surface area contributed by atoms with E-state index in [2.05, 4.69) is 65.8 Å². The van der Waals surface area contributed by atoms with E-state index < -0.39 is 13.7 Å². The number of allylic oxidation sites excluding steroid dienone is 22. The second-order valence-electron chi connectivity index (χ2n) is 12.7. The van der Waals surface area contributed by atoms with Crippen LogP contribution >= 0.6 is 0 Å². The van der Waals surface area contributed by atoms with Gasteiger partial charge in [0.2, 0.25) is 0 Å². The van der Waals surface area contributed by atoms with Crippen LogP contribution in [0.25, 0.3) is 0 Å². The van der Waals surface area contributed by atoms with Crippen molar-refractivity contribution in [2.45, 2.75) is 108 Å². The first-order valence-electron chi connectivity index (χ1n) is 17.8. The first-order chi connectivity index (χ1) is 21.2. The fraction of sp³-hybridized carbons (Fsp3) is 0.450. The molecular formula is C40H56. The van der Waals surface area contributed by atoms with Crippen molar-refractivity contribution in [3.05, 3.63) is 130 Å². The highest BCUT2D eigenvalue weighted by atomic mass is 14.3. The summed E-state index contributed by atoms with van der Waals surface area (Å²) >= 11 is 0. The summed E-state index contributed by atoms with van der Waals surface area (Å²) < 4.78 is 47.7. The lowest BCUT2D eigenvalue weighted by atomic mass is 9.72. The van der Waals surface area contributed by atoms with E-state index in [1.807, 2.05) is 26.0 Å². The molecular weight excluding hydrogens is 480 g/mol. The Morgan fingerprint density at radius 3 is 1.30 bits per heavy atom. The lowest BCUT2D eigenvalue weighted by Crippen LogP contribution is -2.19. The van der Waals surface area contributed by atoms with Crippen LogP contribution < -0.4 is 0 Å². The van der Waals surface area contributed by atoms with Crippen LogP contribution in [0.15, 0.2) is 130 Å². The summed E-state index contributed by atoms with van der Waals surface area (Å²) in [6.07, 6.45) is 32.3. The van der Waals surface area contributed by atoms with Gasteiger partial charge in [-0.3, -0.25) is 0 Å². The zero-order valence-corrected chi connectivity index (χ0v) is 26.3. The van der Waals surface area contributed by atoms with Gasteiger partial charge in [0.1, 0.15) is 0 Å². The highest BCUT2D eigenvalue weighted by molar-refractivity contribution is 5.39. The third-order valence-electron chi connectivity index (χ3n) is 8.04. The molecule has 40 heavy (non-hydrogen) atoms. The largest absolute Gasteiger partial charge is 0.0696 e.